The van der Waals surface area contributed by atoms with Crippen molar-refractivity contribution in [2.24, 2.45) is 5.73 Å². The molecule has 0 saturated carbocycles. The van der Waals surface area contributed by atoms with Crippen molar-refractivity contribution in [3.8, 4) is 5.75 Å². The largest absolute Gasteiger partial charge is 0.489 e. The molecule has 3 N–H and O–H groups in total. The smallest absolute Gasteiger partial charge is 0.329 e. The molecule has 2 amide bonds. The van der Waals surface area contributed by atoms with Crippen LogP contribution in [0.2, 0.25) is 0 Å². The van der Waals surface area contributed by atoms with Crippen LogP contribution in [-0.2, 0) is 38.8 Å². The SMILES string of the molecule is CC(=O)ON1c2cc3c(cc2NC(=O)C1c1cn(CCCN)c2cc(OCc4ccccc4)ccc12)N(C(C)=O)CC3. The van der Waals surface area contributed by atoms with Crippen LogP contribution < -0.4 is 25.8 Å². The number of benzene rings is 3. The van der Waals surface area contributed by atoms with Crippen molar-refractivity contribution in [3.05, 3.63) is 83.6 Å². The summed E-state index contributed by atoms with van der Waals surface area (Å²) >= 11 is 0. The molecule has 1 unspecified atom stereocenters. The molecule has 42 heavy (non-hydrogen) atoms. The van der Waals surface area contributed by atoms with E-state index in [1.165, 1.54) is 18.9 Å². The molecule has 1 aromatic heterocycles. The Morgan fingerprint density at radius 1 is 1.05 bits per heavy atom. The Hall–Kier alpha value is -4.83. The van der Waals surface area contributed by atoms with E-state index in [0.717, 1.165) is 34.1 Å². The number of fused-ring (bicyclic) bond motifs is 3. The summed E-state index contributed by atoms with van der Waals surface area (Å²) in [6, 6.07) is 18.5. The van der Waals surface area contributed by atoms with Gasteiger partial charge in [0.25, 0.3) is 5.91 Å². The van der Waals surface area contributed by atoms with Gasteiger partial charge in [-0.05, 0) is 54.8 Å². The molecule has 2 aliphatic rings. The molecule has 0 saturated heterocycles. The maximum absolute atomic E-state index is 13.8. The number of ether oxygens (including phenoxy) is 1. The van der Waals surface area contributed by atoms with Gasteiger partial charge >= 0.3 is 5.97 Å². The van der Waals surface area contributed by atoms with Crippen LogP contribution in [0.4, 0.5) is 17.1 Å². The fourth-order valence-electron chi connectivity index (χ4n) is 5.78. The maximum Gasteiger partial charge on any atom is 0.329 e. The zero-order valence-corrected chi connectivity index (χ0v) is 23.6. The molecule has 2 aliphatic heterocycles. The van der Waals surface area contributed by atoms with E-state index in [2.05, 4.69) is 9.88 Å². The standard InChI is InChI=1S/C32H33N5O5/c1-20(38)36-14-11-23-15-30-27(17-28(23)36)34-32(40)31(37(30)42-21(2)39)26-18-35(13-6-12-33)29-16-24(9-10-25(26)29)41-19-22-7-4-3-5-8-22/h3-5,7-10,15-18,31H,6,11-14,19,33H2,1-2H3,(H,34,40). The highest BCUT2D eigenvalue weighted by Crippen LogP contribution is 2.45. The van der Waals surface area contributed by atoms with E-state index < -0.39 is 12.0 Å². The minimum absolute atomic E-state index is 0.0667. The lowest BCUT2D eigenvalue weighted by molar-refractivity contribution is -0.144. The number of anilines is 3. The monoisotopic (exact) mass is 567 g/mol. The molecule has 10 nitrogen and oxygen atoms in total. The second-order valence-corrected chi connectivity index (χ2v) is 10.6. The quantitative estimate of drug-likeness (QED) is 0.323. The van der Waals surface area contributed by atoms with E-state index in [1.807, 2.05) is 60.8 Å². The lowest BCUT2D eigenvalue weighted by Gasteiger charge is -2.36. The Kier molecular flexibility index (Phi) is 7.30. The minimum atomic E-state index is -0.942. The van der Waals surface area contributed by atoms with Crippen LogP contribution >= 0.6 is 0 Å². The predicted molar refractivity (Wildman–Crippen MR) is 160 cm³/mol. The van der Waals surface area contributed by atoms with Crippen LogP contribution in [-0.4, -0.2) is 35.4 Å². The molecule has 1 atom stereocenters. The maximum atomic E-state index is 13.8. The lowest BCUT2D eigenvalue weighted by Crippen LogP contribution is -2.42. The van der Waals surface area contributed by atoms with Crippen LogP contribution in [0.5, 0.6) is 5.75 Å². The Morgan fingerprint density at radius 3 is 2.60 bits per heavy atom. The van der Waals surface area contributed by atoms with Gasteiger partial charge in [-0.3, -0.25) is 14.4 Å². The molecular weight excluding hydrogens is 534 g/mol. The van der Waals surface area contributed by atoms with Gasteiger partial charge in [0.15, 0.2) is 6.04 Å². The molecule has 0 spiro atoms. The number of carbonyl (C=O) groups is 3. The Labute approximate surface area is 243 Å². The average molecular weight is 568 g/mol. The van der Waals surface area contributed by atoms with Gasteiger partial charge in [0.2, 0.25) is 5.91 Å². The zero-order valence-electron chi connectivity index (χ0n) is 23.6. The second kappa shape index (κ2) is 11.2. The number of aromatic nitrogens is 1. The van der Waals surface area contributed by atoms with Crippen molar-refractivity contribution < 1.29 is 24.0 Å². The molecule has 4 aromatic rings. The molecule has 3 aromatic carbocycles. The van der Waals surface area contributed by atoms with Crippen molar-refractivity contribution in [3.63, 3.8) is 0 Å². The number of nitrogens with zero attached hydrogens (tertiary/aromatic N) is 3. The topological polar surface area (TPSA) is 119 Å². The summed E-state index contributed by atoms with van der Waals surface area (Å²) in [4.78, 5) is 45.7. The number of hydrogen-bond acceptors (Lipinski definition) is 7. The number of nitrogens with two attached hydrogens (primary N) is 1. The van der Waals surface area contributed by atoms with Gasteiger partial charge in [-0.1, -0.05) is 30.3 Å². The Balaban J connectivity index is 1.41. The molecule has 10 heteroatoms. The van der Waals surface area contributed by atoms with Crippen LogP contribution in [0.25, 0.3) is 10.9 Å². The van der Waals surface area contributed by atoms with Gasteiger partial charge < -0.3 is 30.1 Å². The summed E-state index contributed by atoms with van der Waals surface area (Å²) in [6.45, 7) is 4.97. The van der Waals surface area contributed by atoms with E-state index in [9.17, 15) is 14.4 Å². The third-order valence-electron chi connectivity index (χ3n) is 7.71. The third kappa shape index (κ3) is 5.05. The lowest BCUT2D eigenvalue weighted by atomic mass is 10.00. The van der Waals surface area contributed by atoms with Crippen molar-refractivity contribution >= 4 is 45.7 Å². The first-order valence-corrected chi connectivity index (χ1v) is 14.1. The number of carbonyl (C=O) groups excluding carboxylic acids is 3. The normalized spacial score (nSPS) is 15.8. The average Bonchev–Trinajstić information content (AvgIpc) is 3.55. The van der Waals surface area contributed by atoms with Gasteiger partial charge in [0.1, 0.15) is 18.0 Å². The van der Waals surface area contributed by atoms with Crippen molar-refractivity contribution in [1.29, 1.82) is 0 Å². The number of hydroxylamine groups is 1. The number of rotatable bonds is 8. The van der Waals surface area contributed by atoms with Crippen LogP contribution in [0.15, 0.2) is 66.9 Å². The highest BCUT2D eigenvalue weighted by atomic mass is 16.7. The minimum Gasteiger partial charge on any atom is -0.489 e. The summed E-state index contributed by atoms with van der Waals surface area (Å²) in [7, 11) is 0. The molecule has 0 fully saturated rings. The molecular formula is C32H33N5O5. The van der Waals surface area contributed by atoms with Crippen LogP contribution in [0, 0.1) is 0 Å². The fourth-order valence-corrected chi connectivity index (χ4v) is 5.78. The first-order chi connectivity index (χ1) is 20.3. The molecule has 6 rings (SSSR count). The zero-order chi connectivity index (χ0) is 29.4. The summed E-state index contributed by atoms with van der Waals surface area (Å²) < 4.78 is 8.16. The van der Waals surface area contributed by atoms with E-state index in [0.29, 0.717) is 55.3 Å². The van der Waals surface area contributed by atoms with E-state index in [4.69, 9.17) is 15.3 Å². The Bertz CT molecular complexity index is 1680. The van der Waals surface area contributed by atoms with Crippen molar-refractivity contribution in [1.82, 2.24) is 4.57 Å². The third-order valence-corrected chi connectivity index (χ3v) is 7.71. The van der Waals surface area contributed by atoms with Gasteiger partial charge in [-0.2, -0.15) is 5.06 Å². The number of amides is 2. The summed E-state index contributed by atoms with van der Waals surface area (Å²) in [5.74, 6) is -0.262. The van der Waals surface area contributed by atoms with Crippen molar-refractivity contribution in [2.45, 2.75) is 45.9 Å². The molecule has 0 radical (unpaired) electrons. The fraction of sp³-hybridized carbons (Fsp3) is 0.281. The van der Waals surface area contributed by atoms with Gasteiger partial charge in [-0.15, -0.1) is 0 Å². The first kappa shape index (κ1) is 27.3. The van der Waals surface area contributed by atoms with Gasteiger partial charge in [0, 0.05) is 55.8 Å². The van der Waals surface area contributed by atoms with E-state index in [1.54, 1.807) is 11.0 Å². The Morgan fingerprint density at radius 2 is 1.86 bits per heavy atom. The van der Waals surface area contributed by atoms with Crippen molar-refractivity contribution in [2.75, 3.05) is 28.4 Å². The molecule has 3 heterocycles. The first-order valence-electron chi connectivity index (χ1n) is 14.1. The van der Waals surface area contributed by atoms with E-state index >= 15 is 0 Å². The molecule has 0 bridgehead atoms. The molecule has 0 aliphatic carbocycles. The highest BCUT2D eigenvalue weighted by Gasteiger charge is 2.40. The summed E-state index contributed by atoms with van der Waals surface area (Å²) in [6.07, 6.45) is 3.33. The highest BCUT2D eigenvalue weighted by molar-refractivity contribution is 6.08. The van der Waals surface area contributed by atoms with Crippen LogP contribution in [0.1, 0.15) is 43.0 Å². The predicted octanol–water partition coefficient (Wildman–Crippen LogP) is 4.46. The molecule has 216 valence electrons. The summed E-state index contributed by atoms with van der Waals surface area (Å²) in [5, 5.41) is 5.24. The van der Waals surface area contributed by atoms with Crippen LogP contribution in [0.3, 0.4) is 0 Å². The second-order valence-electron chi connectivity index (χ2n) is 10.6. The number of aryl methyl sites for hydroxylation is 1. The summed E-state index contributed by atoms with van der Waals surface area (Å²) in [5.41, 5.74) is 11.2. The van der Waals surface area contributed by atoms with Gasteiger partial charge in [0.05, 0.1) is 11.2 Å². The number of hydrogen-bond donors (Lipinski definition) is 2. The van der Waals surface area contributed by atoms with Gasteiger partial charge in [-0.25, -0.2) is 0 Å². The number of nitrogens with one attached hydrogen (secondary N) is 1. The van der Waals surface area contributed by atoms with E-state index in [-0.39, 0.29) is 11.8 Å².